The summed E-state index contributed by atoms with van der Waals surface area (Å²) in [6, 6.07) is 6.85. The number of anilines is 1. The van der Waals surface area contributed by atoms with E-state index in [1.54, 1.807) is 0 Å². The molecular formula is C15H20N2O. The van der Waals surface area contributed by atoms with E-state index in [9.17, 15) is 0 Å². The Morgan fingerprint density at radius 3 is 2.78 bits per heavy atom. The van der Waals surface area contributed by atoms with Crippen LogP contribution in [0.4, 0.5) is 5.69 Å². The molecule has 3 nitrogen and oxygen atoms in total. The van der Waals surface area contributed by atoms with Crippen LogP contribution >= 0.6 is 0 Å². The summed E-state index contributed by atoms with van der Waals surface area (Å²) in [7, 11) is 0. The molecule has 1 aromatic heterocycles. The molecule has 1 aliphatic rings. The van der Waals surface area contributed by atoms with E-state index in [4.69, 9.17) is 4.42 Å². The fourth-order valence-corrected chi connectivity index (χ4v) is 2.59. The Hall–Kier alpha value is -1.51. The van der Waals surface area contributed by atoms with Gasteiger partial charge in [0, 0.05) is 17.6 Å². The number of hydrogen-bond acceptors (Lipinski definition) is 3. The fourth-order valence-electron chi connectivity index (χ4n) is 2.59. The van der Waals surface area contributed by atoms with Crippen LogP contribution in [0, 0.1) is 0 Å². The largest absolute Gasteiger partial charge is 0.440 e. The van der Waals surface area contributed by atoms with E-state index in [2.05, 4.69) is 36.3 Å². The first-order valence-electron chi connectivity index (χ1n) is 6.89. The van der Waals surface area contributed by atoms with Crippen molar-refractivity contribution in [1.29, 1.82) is 0 Å². The van der Waals surface area contributed by atoms with E-state index in [1.807, 2.05) is 6.07 Å². The number of aromatic nitrogens is 1. The summed E-state index contributed by atoms with van der Waals surface area (Å²) in [5.41, 5.74) is 3.01. The van der Waals surface area contributed by atoms with Gasteiger partial charge in [-0.3, -0.25) is 0 Å². The van der Waals surface area contributed by atoms with Crippen molar-refractivity contribution in [3.05, 3.63) is 24.1 Å². The Bertz CT molecular complexity index is 538. The molecule has 0 atom stereocenters. The van der Waals surface area contributed by atoms with Gasteiger partial charge in [0.05, 0.1) is 0 Å². The molecule has 0 aliphatic heterocycles. The normalized spacial score (nSPS) is 16.8. The van der Waals surface area contributed by atoms with Crippen LogP contribution in [0.2, 0.25) is 0 Å². The quantitative estimate of drug-likeness (QED) is 0.874. The second-order valence-electron chi connectivity index (χ2n) is 5.52. The summed E-state index contributed by atoms with van der Waals surface area (Å²) in [6.07, 6.45) is 5.27. The first kappa shape index (κ1) is 11.6. The van der Waals surface area contributed by atoms with Crippen molar-refractivity contribution < 1.29 is 4.42 Å². The van der Waals surface area contributed by atoms with Crippen molar-refractivity contribution in [2.24, 2.45) is 0 Å². The van der Waals surface area contributed by atoms with Crippen molar-refractivity contribution in [3.63, 3.8) is 0 Å². The van der Waals surface area contributed by atoms with Gasteiger partial charge in [0.2, 0.25) is 0 Å². The molecule has 0 unspecified atom stereocenters. The lowest BCUT2D eigenvalue weighted by molar-refractivity contribution is 0.501. The van der Waals surface area contributed by atoms with Gasteiger partial charge in [-0.2, -0.15) is 0 Å². The van der Waals surface area contributed by atoms with Gasteiger partial charge in [-0.1, -0.05) is 26.7 Å². The SMILES string of the molecule is CC(C)c1nc2cc(NC3CCCC3)ccc2o1. The lowest BCUT2D eigenvalue weighted by atomic mass is 10.2. The van der Waals surface area contributed by atoms with Crippen LogP contribution in [0.1, 0.15) is 51.3 Å². The second kappa shape index (κ2) is 4.63. The van der Waals surface area contributed by atoms with Gasteiger partial charge in [0.15, 0.2) is 11.5 Å². The highest BCUT2D eigenvalue weighted by atomic mass is 16.3. The highest BCUT2D eigenvalue weighted by Crippen LogP contribution is 2.26. The van der Waals surface area contributed by atoms with E-state index in [1.165, 1.54) is 25.7 Å². The molecule has 96 valence electrons. The average molecular weight is 244 g/mol. The van der Waals surface area contributed by atoms with E-state index in [-0.39, 0.29) is 0 Å². The van der Waals surface area contributed by atoms with Crippen LogP contribution in [0.25, 0.3) is 11.1 Å². The number of oxazole rings is 1. The van der Waals surface area contributed by atoms with Gasteiger partial charge >= 0.3 is 0 Å². The van der Waals surface area contributed by atoms with Crippen LogP contribution in [-0.4, -0.2) is 11.0 Å². The fraction of sp³-hybridized carbons (Fsp3) is 0.533. The van der Waals surface area contributed by atoms with Gasteiger partial charge in [-0.25, -0.2) is 4.98 Å². The van der Waals surface area contributed by atoms with Gasteiger partial charge in [0.25, 0.3) is 0 Å². The molecule has 1 N–H and O–H groups in total. The molecule has 1 aliphatic carbocycles. The van der Waals surface area contributed by atoms with Crippen LogP contribution in [-0.2, 0) is 0 Å². The van der Waals surface area contributed by atoms with Crippen molar-refractivity contribution in [1.82, 2.24) is 4.98 Å². The van der Waals surface area contributed by atoms with Crippen molar-refractivity contribution in [2.75, 3.05) is 5.32 Å². The minimum absolute atomic E-state index is 0.337. The number of benzene rings is 1. The van der Waals surface area contributed by atoms with E-state index >= 15 is 0 Å². The molecule has 1 aromatic carbocycles. The highest BCUT2D eigenvalue weighted by Gasteiger charge is 2.15. The smallest absolute Gasteiger partial charge is 0.198 e. The minimum atomic E-state index is 0.337. The maximum Gasteiger partial charge on any atom is 0.198 e. The highest BCUT2D eigenvalue weighted by molar-refractivity contribution is 5.77. The van der Waals surface area contributed by atoms with Crippen LogP contribution in [0.5, 0.6) is 0 Å². The zero-order chi connectivity index (χ0) is 12.5. The summed E-state index contributed by atoms with van der Waals surface area (Å²) in [4.78, 5) is 4.54. The molecular weight excluding hydrogens is 224 g/mol. The lowest BCUT2D eigenvalue weighted by Crippen LogP contribution is -2.14. The van der Waals surface area contributed by atoms with Crippen LogP contribution in [0.3, 0.4) is 0 Å². The molecule has 0 amide bonds. The topological polar surface area (TPSA) is 38.1 Å². The molecule has 2 aromatic rings. The van der Waals surface area contributed by atoms with Crippen LogP contribution in [0.15, 0.2) is 22.6 Å². The maximum absolute atomic E-state index is 5.72. The predicted octanol–water partition coefficient (Wildman–Crippen LogP) is 4.31. The number of hydrogen-bond donors (Lipinski definition) is 1. The predicted molar refractivity (Wildman–Crippen MR) is 74.0 cm³/mol. The van der Waals surface area contributed by atoms with E-state index < -0.39 is 0 Å². The maximum atomic E-state index is 5.72. The summed E-state index contributed by atoms with van der Waals surface area (Å²) in [5, 5.41) is 3.59. The third-order valence-corrected chi connectivity index (χ3v) is 3.62. The molecule has 1 saturated carbocycles. The summed E-state index contributed by atoms with van der Waals surface area (Å²) >= 11 is 0. The van der Waals surface area contributed by atoms with Crippen LogP contribution < -0.4 is 5.32 Å². The average Bonchev–Trinajstić information content (AvgIpc) is 2.96. The van der Waals surface area contributed by atoms with Crippen molar-refractivity contribution in [3.8, 4) is 0 Å². The molecule has 3 rings (SSSR count). The Balaban J connectivity index is 1.85. The molecule has 1 fully saturated rings. The number of nitrogens with zero attached hydrogens (tertiary/aromatic N) is 1. The van der Waals surface area contributed by atoms with Crippen molar-refractivity contribution in [2.45, 2.75) is 51.5 Å². The Morgan fingerprint density at radius 2 is 2.06 bits per heavy atom. The van der Waals surface area contributed by atoms with Crippen molar-refractivity contribution >= 4 is 16.8 Å². The molecule has 18 heavy (non-hydrogen) atoms. The molecule has 0 bridgehead atoms. The minimum Gasteiger partial charge on any atom is -0.440 e. The third-order valence-electron chi connectivity index (χ3n) is 3.62. The zero-order valence-corrected chi connectivity index (χ0v) is 11.1. The van der Waals surface area contributed by atoms with Gasteiger partial charge < -0.3 is 9.73 Å². The first-order chi connectivity index (χ1) is 8.72. The molecule has 1 heterocycles. The lowest BCUT2D eigenvalue weighted by Gasteiger charge is -2.12. The van der Waals surface area contributed by atoms with Gasteiger partial charge in [-0.15, -0.1) is 0 Å². The number of nitrogens with one attached hydrogen (secondary N) is 1. The second-order valence-corrected chi connectivity index (χ2v) is 5.52. The molecule has 0 saturated heterocycles. The summed E-state index contributed by atoms with van der Waals surface area (Å²) < 4.78 is 5.72. The third kappa shape index (κ3) is 2.22. The monoisotopic (exact) mass is 244 g/mol. The number of fused-ring (bicyclic) bond motifs is 1. The Labute approximate surface area is 108 Å². The standard InChI is InChI=1S/C15H20N2O/c1-10(2)15-17-13-9-12(7-8-14(13)18-15)16-11-5-3-4-6-11/h7-11,16H,3-6H2,1-2H3. The zero-order valence-electron chi connectivity index (χ0n) is 11.1. The molecule has 0 radical (unpaired) electrons. The Morgan fingerprint density at radius 1 is 1.28 bits per heavy atom. The van der Waals surface area contributed by atoms with E-state index in [0.717, 1.165) is 22.7 Å². The van der Waals surface area contributed by atoms with Gasteiger partial charge in [-0.05, 0) is 31.0 Å². The van der Waals surface area contributed by atoms with Gasteiger partial charge in [0.1, 0.15) is 5.52 Å². The first-order valence-corrected chi connectivity index (χ1v) is 6.89. The Kier molecular flexibility index (Phi) is 2.98. The van der Waals surface area contributed by atoms with E-state index in [0.29, 0.717) is 12.0 Å². The molecule has 0 spiro atoms. The summed E-state index contributed by atoms with van der Waals surface area (Å²) in [6.45, 7) is 4.20. The molecule has 3 heteroatoms. The number of rotatable bonds is 3. The summed E-state index contributed by atoms with van der Waals surface area (Å²) in [5.74, 6) is 1.16.